The third kappa shape index (κ3) is 7.45. The quantitative estimate of drug-likeness (QED) is 0.739. The molecule has 5 nitrogen and oxygen atoms in total. The molecule has 22 heavy (non-hydrogen) atoms. The lowest BCUT2D eigenvalue weighted by atomic mass is 9.91. The van der Waals surface area contributed by atoms with Gasteiger partial charge in [-0.15, -0.1) is 0 Å². The van der Waals surface area contributed by atoms with E-state index >= 15 is 0 Å². The Morgan fingerprint density at radius 1 is 1.14 bits per heavy atom. The molecular weight excluding hydrogens is 276 g/mol. The van der Waals surface area contributed by atoms with Gasteiger partial charge in [0.05, 0.1) is 0 Å². The Morgan fingerprint density at radius 2 is 1.77 bits per heavy atom. The van der Waals surface area contributed by atoms with Gasteiger partial charge in [0.2, 0.25) is 0 Å². The van der Waals surface area contributed by atoms with Gasteiger partial charge in [-0.1, -0.05) is 20.8 Å². The van der Waals surface area contributed by atoms with Crippen LogP contribution in [0.2, 0.25) is 0 Å². The molecule has 0 aromatic carbocycles. The highest BCUT2D eigenvalue weighted by Crippen LogP contribution is 2.20. The van der Waals surface area contributed by atoms with Gasteiger partial charge in [-0.2, -0.15) is 0 Å². The van der Waals surface area contributed by atoms with Crippen molar-refractivity contribution in [3.05, 3.63) is 0 Å². The van der Waals surface area contributed by atoms with Crippen LogP contribution in [0.1, 0.15) is 47.5 Å². The molecule has 2 amide bonds. The van der Waals surface area contributed by atoms with E-state index in [0.717, 1.165) is 45.6 Å². The first-order valence-electron chi connectivity index (χ1n) is 8.55. The number of piperazine rings is 1. The van der Waals surface area contributed by atoms with Gasteiger partial charge >= 0.3 is 6.03 Å². The second kappa shape index (κ2) is 8.16. The number of amides is 2. The minimum absolute atomic E-state index is 0.0395. The summed E-state index contributed by atoms with van der Waals surface area (Å²) in [6, 6.07) is -0.0395. The summed E-state index contributed by atoms with van der Waals surface area (Å²) < 4.78 is 0. The minimum Gasteiger partial charge on any atom is -0.338 e. The topological polar surface area (TPSA) is 47.6 Å². The molecule has 0 atom stereocenters. The maximum Gasteiger partial charge on any atom is 0.314 e. The molecule has 1 heterocycles. The second-order valence-corrected chi connectivity index (χ2v) is 8.36. The van der Waals surface area contributed by atoms with Gasteiger partial charge in [0.1, 0.15) is 0 Å². The van der Waals surface area contributed by atoms with Gasteiger partial charge < -0.3 is 10.6 Å². The smallest absolute Gasteiger partial charge is 0.314 e. The third-order valence-corrected chi connectivity index (χ3v) is 4.50. The van der Waals surface area contributed by atoms with E-state index in [1.807, 2.05) is 0 Å². The third-order valence-electron chi connectivity index (χ3n) is 4.50. The van der Waals surface area contributed by atoms with E-state index in [2.05, 4.69) is 62.1 Å². The van der Waals surface area contributed by atoms with Gasteiger partial charge in [-0.3, -0.25) is 9.80 Å². The Labute approximate surface area is 136 Å². The first-order chi connectivity index (χ1) is 10.1. The fourth-order valence-corrected chi connectivity index (χ4v) is 2.74. The van der Waals surface area contributed by atoms with Crippen LogP contribution in [-0.2, 0) is 0 Å². The number of hydrogen-bond donors (Lipinski definition) is 2. The Morgan fingerprint density at radius 3 is 2.36 bits per heavy atom. The summed E-state index contributed by atoms with van der Waals surface area (Å²) >= 11 is 0. The van der Waals surface area contributed by atoms with Crippen LogP contribution in [0.5, 0.6) is 0 Å². The highest BCUT2D eigenvalue weighted by molar-refractivity contribution is 5.73. The molecule has 1 aliphatic heterocycles. The van der Waals surface area contributed by atoms with E-state index in [0.29, 0.717) is 12.0 Å². The van der Waals surface area contributed by atoms with Crippen LogP contribution < -0.4 is 10.6 Å². The lowest BCUT2D eigenvalue weighted by molar-refractivity contribution is 0.0410. The van der Waals surface area contributed by atoms with Crippen LogP contribution in [0, 0.1) is 5.41 Å². The highest BCUT2D eigenvalue weighted by Gasteiger charge is 2.30. The van der Waals surface area contributed by atoms with E-state index in [4.69, 9.17) is 0 Å². The summed E-state index contributed by atoms with van der Waals surface area (Å²) in [5, 5.41) is 5.90. The number of nitrogens with one attached hydrogen (secondary N) is 2. The summed E-state index contributed by atoms with van der Waals surface area (Å²) in [5.74, 6) is 0. The zero-order valence-corrected chi connectivity index (χ0v) is 15.5. The molecule has 0 aromatic rings. The van der Waals surface area contributed by atoms with Crippen molar-refractivity contribution in [2.75, 3.05) is 46.3 Å². The lowest BCUT2D eigenvalue weighted by Gasteiger charge is -2.45. The van der Waals surface area contributed by atoms with Crippen molar-refractivity contribution in [2.45, 2.75) is 53.0 Å². The van der Waals surface area contributed by atoms with Crippen molar-refractivity contribution in [2.24, 2.45) is 5.41 Å². The molecule has 0 spiro atoms. The molecule has 1 aliphatic rings. The molecule has 0 bridgehead atoms. The number of urea groups is 1. The van der Waals surface area contributed by atoms with Crippen molar-refractivity contribution in [1.82, 2.24) is 20.4 Å². The predicted octanol–water partition coefficient (Wildman–Crippen LogP) is 2.14. The van der Waals surface area contributed by atoms with Crippen LogP contribution in [0.25, 0.3) is 0 Å². The van der Waals surface area contributed by atoms with Crippen LogP contribution in [-0.4, -0.2) is 67.7 Å². The number of carbonyl (C=O) groups excluding carboxylic acids is 1. The Balaban J connectivity index is 2.10. The van der Waals surface area contributed by atoms with Crippen LogP contribution >= 0.6 is 0 Å². The van der Waals surface area contributed by atoms with E-state index in [9.17, 15) is 4.79 Å². The molecule has 130 valence electrons. The van der Waals surface area contributed by atoms with Crippen molar-refractivity contribution in [1.29, 1.82) is 0 Å². The second-order valence-electron chi connectivity index (χ2n) is 8.36. The average Bonchev–Trinajstić information content (AvgIpc) is 2.37. The maximum absolute atomic E-state index is 11.7. The van der Waals surface area contributed by atoms with Gasteiger partial charge in [0.25, 0.3) is 0 Å². The molecule has 0 aromatic heterocycles. The molecule has 2 N–H and O–H groups in total. The fraction of sp³-hybridized carbons (Fsp3) is 0.941. The monoisotopic (exact) mass is 312 g/mol. The van der Waals surface area contributed by atoms with E-state index in [-0.39, 0.29) is 11.6 Å². The Hall–Kier alpha value is -0.810. The summed E-state index contributed by atoms with van der Waals surface area (Å²) in [6.45, 7) is 16.8. The van der Waals surface area contributed by atoms with E-state index < -0.39 is 0 Å². The minimum atomic E-state index is -0.0395. The molecule has 1 fully saturated rings. The van der Waals surface area contributed by atoms with Crippen molar-refractivity contribution in [3.63, 3.8) is 0 Å². The molecule has 0 unspecified atom stereocenters. The molecule has 0 aliphatic carbocycles. The Bertz CT molecular complexity index is 349. The first-order valence-corrected chi connectivity index (χ1v) is 8.55. The number of hydrogen-bond acceptors (Lipinski definition) is 3. The van der Waals surface area contributed by atoms with Gasteiger partial charge in [-0.05, 0) is 39.2 Å². The summed E-state index contributed by atoms with van der Waals surface area (Å²) in [6.07, 6.45) is 2.16. The average molecular weight is 313 g/mol. The van der Waals surface area contributed by atoms with Gasteiger partial charge in [0.15, 0.2) is 0 Å². The van der Waals surface area contributed by atoms with Crippen LogP contribution in [0.4, 0.5) is 4.79 Å². The number of carbonyl (C=O) groups is 1. The molecule has 1 rings (SSSR count). The lowest BCUT2D eigenvalue weighted by Crippen LogP contribution is -2.58. The van der Waals surface area contributed by atoms with E-state index in [1.165, 1.54) is 0 Å². The van der Waals surface area contributed by atoms with Crippen molar-refractivity contribution in [3.8, 4) is 0 Å². The summed E-state index contributed by atoms with van der Waals surface area (Å²) in [7, 11) is 2.18. The zero-order valence-electron chi connectivity index (χ0n) is 15.5. The maximum atomic E-state index is 11.7. The molecule has 0 radical (unpaired) electrons. The van der Waals surface area contributed by atoms with Crippen LogP contribution in [0.3, 0.4) is 0 Å². The first kappa shape index (κ1) is 19.2. The fourth-order valence-electron chi connectivity index (χ4n) is 2.74. The van der Waals surface area contributed by atoms with Crippen LogP contribution in [0.15, 0.2) is 0 Å². The molecule has 0 saturated carbocycles. The normalized spacial score (nSPS) is 19.9. The molecule has 5 heteroatoms. The largest absolute Gasteiger partial charge is 0.338 e. The SMILES string of the molecule is CN1CCN(CCNC(=O)NCCCC(C)(C)C)CC1(C)C. The number of nitrogens with zero attached hydrogens (tertiary/aromatic N) is 2. The summed E-state index contributed by atoms with van der Waals surface area (Å²) in [4.78, 5) is 16.6. The highest BCUT2D eigenvalue weighted by atomic mass is 16.2. The van der Waals surface area contributed by atoms with Crippen molar-refractivity contribution < 1.29 is 4.79 Å². The molecular formula is C17H36N4O. The Kier molecular flexibility index (Phi) is 7.13. The zero-order chi connectivity index (χ0) is 16.8. The molecule has 1 saturated heterocycles. The van der Waals surface area contributed by atoms with Gasteiger partial charge in [0, 0.05) is 44.8 Å². The van der Waals surface area contributed by atoms with Crippen molar-refractivity contribution >= 4 is 6.03 Å². The predicted molar refractivity (Wildman–Crippen MR) is 93.2 cm³/mol. The standard InChI is InChI=1S/C17H36N4O/c1-16(2,3)8-7-9-18-15(22)19-10-11-21-13-12-20(6)17(4,5)14-21/h7-14H2,1-6H3,(H2,18,19,22). The number of likely N-dealkylation sites (N-methyl/N-ethyl adjacent to an activating group) is 1. The van der Waals surface area contributed by atoms with Gasteiger partial charge in [-0.25, -0.2) is 4.79 Å². The summed E-state index contributed by atoms with van der Waals surface area (Å²) in [5.41, 5.74) is 0.555. The van der Waals surface area contributed by atoms with E-state index in [1.54, 1.807) is 0 Å². The number of rotatable bonds is 6.